The molecule has 1 aliphatic rings. The van der Waals surface area contributed by atoms with E-state index in [0.717, 1.165) is 16.7 Å². The summed E-state index contributed by atoms with van der Waals surface area (Å²) in [6.07, 6.45) is 0.652. The van der Waals surface area contributed by atoms with Gasteiger partial charge in [0.15, 0.2) is 6.73 Å². The van der Waals surface area contributed by atoms with E-state index in [0.29, 0.717) is 24.3 Å². The van der Waals surface area contributed by atoms with Crippen LogP contribution in [0.2, 0.25) is 0 Å². The van der Waals surface area contributed by atoms with Gasteiger partial charge in [0.1, 0.15) is 11.6 Å². The minimum absolute atomic E-state index is 0.114. The van der Waals surface area contributed by atoms with Gasteiger partial charge in [-0.25, -0.2) is 4.39 Å². The average molecular weight is 371 g/mol. The third-order valence-corrected chi connectivity index (χ3v) is 4.53. The molecule has 4 heteroatoms. The van der Waals surface area contributed by atoms with Crippen molar-refractivity contribution in [3.63, 3.8) is 0 Å². The highest BCUT2D eigenvalue weighted by Crippen LogP contribution is 2.26. The molecule has 0 unspecified atom stereocenters. The highest BCUT2D eigenvalue weighted by molar-refractivity contribution is 5.98. The van der Waals surface area contributed by atoms with Crippen LogP contribution in [-0.4, -0.2) is 17.5 Å². The number of hydrogen-bond donors (Lipinski definition) is 0. The Balaban J connectivity index is 1.50. The van der Waals surface area contributed by atoms with Crippen molar-refractivity contribution in [3.05, 3.63) is 101 Å². The van der Waals surface area contributed by atoms with Crippen LogP contribution >= 0.6 is 0 Å². The lowest BCUT2D eigenvalue weighted by Gasteiger charge is -2.29. The summed E-state index contributed by atoms with van der Waals surface area (Å²) >= 11 is 0. The molecular formula is C24H18FNO2. The second kappa shape index (κ2) is 7.98. The largest absolute Gasteiger partial charge is 0.472 e. The molecule has 1 aliphatic heterocycles. The molecule has 0 aromatic heterocycles. The Labute approximate surface area is 163 Å². The van der Waals surface area contributed by atoms with E-state index in [4.69, 9.17) is 4.74 Å². The van der Waals surface area contributed by atoms with Gasteiger partial charge < -0.3 is 9.64 Å². The summed E-state index contributed by atoms with van der Waals surface area (Å²) in [5, 5.41) is 0. The summed E-state index contributed by atoms with van der Waals surface area (Å²) in [4.78, 5) is 14.5. The Morgan fingerprint density at radius 3 is 2.54 bits per heavy atom. The van der Waals surface area contributed by atoms with Crippen LogP contribution in [0.4, 0.5) is 4.39 Å². The normalized spacial score (nSPS) is 12.6. The molecule has 3 aromatic carbocycles. The molecule has 1 heterocycles. The number of nitrogens with zero attached hydrogens (tertiary/aromatic N) is 1. The predicted octanol–water partition coefficient (Wildman–Crippen LogP) is 4.41. The van der Waals surface area contributed by atoms with Gasteiger partial charge in [0, 0.05) is 18.5 Å². The molecule has 28 heavy (non-hydrogen) atoms. The van der Waals surface area contributed by atoms with Gasteiger partial charge in [0.05, 0.1) is 5.56 Å². The number of benzene rings is 3. The zero-order valence-corrected chi connectivity index (χ0v) is 15.2. The molecule has 0 saturated heterocycles. The van der Waals surface area contributed by atoms with Crippen molar-refractivity contribution in [2.45, 2.75) is 13.0 Å². The van der Waals surface area contributed by atoms with Crippen LogP contribution in [0.1, 0.15) is 27.0 Å². The quantitative estimate of drug-likeness (QED) is 0.638. The fourth-order valence-electron chi connectivity index (χ4n) is 3.05. The topological polar surface area (TPSA) is 29.5 Å². The summed E-state index contributed by atoms with van der Waals surface area (Å²) < 4.78 is 18.8. The van der Waals surface area contributed by atoms with Gasteiger partial charge in [-0.05, 0) is 41.5 Å². The van der Waals surface area contributed by atoms with Gasteiger partial charge in [0.2, 0.25) is 0 Å². The Morgan fingerprint density at radius 2 is 1.75 bits per heavy atom. The minimum atomic E-state index is -0.297. The molecule has 0 bridgehead atoms. The van der Waals surface area contributed by atoms with E-state index in [9.17, 15) is 9.18 Å². The predicted molar refractivity (Wildman–Crippen MR) is 105 cm³/mol. The van der Waals surface area contributed by atoms with Gasteiger partial charge >= 0.3 is 0 Å². The maximum atomic E-state index is 13.1. The maximum absolute atomic E-state index is 13.1. The van der Waals surface area contributed by atoms with Crippen LogP contribution in [0.3, 0.4) is 0 Å². The van der Waals surface area contributed by atoms with E-state index in [1.165, 1.54) is 12.1 Å². The van der Waals surface area contributed by atoms with Crippen LogP contribution in [-0.2, 0) is 13.0 Å². The second-order valence-corrected chi connectivity index (χ2v) is 6.58. The fraction of sp³-hybridized carbons (Fsp3) is 0.125. The SMILES string of the molecule is O=C1c2cc(C#CCc3ccccc3)ccc2OCN1Cc1ccc(F)cc1. The summed E-state index contributed by atoms with van der Waals surface area (Å²) in [5.41, 5.74) is 3.27. The second-order valence-electron chi connectivity index (χ2n) is 6.58. The number of amides is 1. The van der Waals surface area contributed by atoms with Crippen LogP contribution in [0, 0.1) is 17.7 Å². The number of ether oxygens (including phenoxy) is 1. The molecule has 1 amide bonds. The first kappa shape index (κ1) is 17.8. The smallest absolute Gasteiger partial charge is 0.260 e. The van der Waals surface area contributed by atoms with Crippen molar-refractivity contribution in [3.8, 4) is 17.6 Å². The highest BCUT2D eigenvalue weighted by Gasteiger charge is 2.25. The van der Waals surface area contributed by atoms with E-state index < -0.39 is 0 Å². The van der Waals surface area contributed by atoms with Gasteiger partial charge in [-0.3, -0.25) is 4.79 Å². The molecule has 3 nitrogen and oxygen atoms in total. The van der Waals surface area contributed by atoms with E-state index in [1.807, 2.05) is 36.4 Å². The van der Waals surface area contributed by atoms with Crippen molar-refractivity contribution in [1.29, 1.82) is 0 Å². The van der Waals surface area contributed by atoms with Crippen LogP contribution in [0.5, 0.6) is 5.75 Å². The first-order valence-electron chi connectivity index (χ1n) is 9.02. The van der Waals surface area contributed by atoms with E-state index >= 15 is 0 Å². The number of hydrogen-bond acceptors (Lipinski definition) is 2. The highest BCUT2D eigenvalue weighted by atomic mass is 19.1. The van der Waals surface area contributed by atoms with Crippen molar-refractivity contribution < 1.29 is 13.9 Å². The number of carbonyl (C=O) groups is 1. The van der Waals surface area contributed by atoms with Crippen LogP contribution in [0.15, 0.2) is 72.8 Å². The van der Waals surface area contributed by atoms with Gasteiger partial charge in [-0.2, -0.15) is 0 Å². The van der Waals surface area contributed by atoms with Crippen LogP contribution in [0.25, 0.3) is 0 Å². The first-order valence-corrected chi connectivity index (χ1v) is 9.02. The zero-order valence-electron chi connectivity index (χ0n) is 15.2. The first-order chi connectivity index (χ1) is 13.7. The lowest BCUT2D eigenvalue weighted by atomic mass is 10.1. The number of halogens is 1. The Kier molecular flexibility index (Phi) is 5.07. The Morgan fingerprint density at radius 1 is 0.964 bits per heavy atom. The average Bonchev–Trinajstić information content (AvgIpc) is 2.73. The van der Waals surface area contributed by atoms with E-state index in [-0.39, 0.29) is 18.5 Å². The fourth-order valence-corrected chi connectivity index (χ4v) is 3.05. The molecular weight excluding hydrogens is 353 g/mol. The molecule has 0 saturated carbocycles. The third kappa shape index (κ3) is 4.05. The molecule has 0 radical (unpaired) electrons. The van der Waals surface area contributed by atoms with Gasteiger partial charge in [-0.1, -0.05) is 54.3 Å². The van der Waals surface area contributed by atoms with E-state index in [1.54, 1.807) is 29.2 Å². The monoisotopic (exact) mass is 371 g/mol. The minimum Gasteiger partial charge on any atom is -0.472 e. The lowest BCUT2D eigenvalue weighted by Crippen LogP contribution is -2.38. The molecule has 0 spiro atoms. The molecule has 4 rings (SSSR count). The third-order valence-electron chi connectivity index (χ3n) is 4.53. The van der Waals surface area contributed by atoms with E-state index in [2.05, 4.69) is 11.8 Å². The summed E-state index contributed by atoms with van der Waals surface area (Å²) in [5.74, 6) is 6.41. The Hall–Kier alpha value is -3.58. The Bertz CT molecular complexity index is 1050. The molecule has 3 aromatic rings. The van der Waals surface area contributed by atoms with Crippen molar-refractivity contribution in [2.24, 2.45) is 0 Å². The summed E-state index contributed by atoms with van der Waals surface area (Å²) in [6, 6.07) is 21.6. The van der Waals surface area contributed by atoms with Gasteiger partial charge in [0.25, 0.3) is 5.91 Å². The van der Waals surface area contributed by atoms with Gasteiger partial charge in [-0.15, -0.1) is 0 Å². The zero-order chi connectivity index (χ0) is 19.3. The molecule has 0 N–H and O–H groups in total. The van der Waals surface area contributed by atoms with Crippen molar-refractivity contribution >= 4 is 5.91 Å². The van der Waals surface area contributed by atoms with Crippen molar-refractivity contribution in [2.75, 3.05) is 6.73 Å². The molecule has 138 valence electrons. The lowest BCUT2D eigenvalue weighted by molar-refractivity contribution is 0.0498. The molecule has 0 aliphatic carbocycles. The van der Waals surface area contributed by atoms with Crippen LogP contribution < -0.4 is 4.74 Å². The standard InChI is InChI=1S/C24H18FNO2/c25-21-12-9-20(10-13-21)16-26-17-28-23-14-11-19(15-22(23)24(26)27)8-4-7-18-5-2-1-3-6-18/h1-3,5-6,9-15H,7,16-17H2. The summed E-state index contributed by atoms with van der Waals surface area (Å²) in [6.45, 7) is 0.532. The van der Waals surface area contributed by atoms with Crippen molar-refractivity contribution in [1.82, 2.24) is 4.90 Å². The summed E-state index contributed by atoms with van der Waals surface area (Å²) in [7, 11) is 0. The number of carbonyl (C=O) groups excluding carboxylic acids is 1. The molecule has 0 fully saturated rings. The number of rotatable bonds is 3. The number of fused-ring (bicyclic) bond motifs is 1. The molecule has 0 atom stereocenters. The maximum Gasteiger partial charge on any atom is 0.260 e.